The lowest BCUT2D eigenvalue weighted by atomic mass is 10.1. The lowest BCUT2D eigenvalue weighted by Crippen LogP contribution is -2.36. The lowest BCUT2D eigenvalue weighted by molar-refractivity contribution is -0.120. The molecule has 0 aliphatic carbocycles. The van der Waals surface area contributed by atoms with Crippen LogP contribution in [0.3, 0.4) is 0 Å². The monoisotopic (exact) mass is 520 g/mol. The zero-order valence-corrected chi connectivity index (χ0v) is 21.5. The largest absolute Gasteiger partial charge is 0.462 e. The Morgan fingerprint density at radius 2 is 1.58 bits per heavy atom. The molecule has 0 saturated carbocycles. The van der Waals surface area contributed by atoms with Gasteiger partial charge in [-0.3, -0.25) is 9.59 Å². The Balaban J connectivity index is 1.82. The van der Waals surface area contributed by atoms with E-state index in [-0.39, 0.29) is 28.5 Å². The van der Waals surface area contributed by atoms with Gasteiger partial charge in [0.1, 0.15) is 10.6 Å². The van der Waals surface area contributed by atoms with E-state index in [2.05, 4.69) is 0 Å². The number of hydrogen-bond donors (Lipinski definition) is 0. The molecule has 4 rings (SSSR count). The van der Waals surface area contributed by atoms with Gasteiger partial charge in [0.15, 0.2) is 0 Å². The van der Waals surface area contributed by atoms with E-state index in [0.717, 1.165) is 15.5 Å². The number of imide groups is 1. The summed E-state index contributed by atoms with van der Waals surface area (Å²) in [6.07, 6.45) is 0.658. The van der Waals surface area contributed by atoms with Gasteiger partial charge in [0, 0.05) is 22.2 Å². The fourth-order valence-corrected chi connectivity index (χ4v) is 4.97. The number of carbonyl (C=O) groups is 3. The van der Waals surface area contributed by atoms with E-state index < -0.39 is 17.8 Å². The molecule has 2 amide bonds. The van der Waals surface area contributed by atoms with Crippen molar-refractivity contribution in [1.29, 1.82) is 0 Å². The number of halogens is 1. The summed E-state index contributed by atoms with van der Waals surface area (Å²) >= 11 is 7.24. The number of ether oxygens (including phenoxy) is 1. The molecule has 1 aliphatic heterocycles. The average Bonchev–Trinajstić information content (AvgIpc) is 3.14. The van der Waals surface area contributed by atoms with Crippen molar-refractivity contribution in [1.82, 2.24) is 0 Å². The van der Waals surface area contributed by atoms with Crippen molar-refractivity contribution < 1.29 is 19.1 Å². The Hall–Kier alpha value is -3.55. The van der Waals surface area contributed by atoms with E-state index in [1.807, 2.05) is 49.1 Å². The predicted molar refractivity (Wildman–Crippen MR) is 143 cm³/mol. The SMILES string of the molecule is CCCOC(=O)c1ccccc1N1C(=O)C(Sc2ccc(Cl)cc2)=C(N(CC)c2ccccc2)C1=O. The molecule has 0 unspecified atom stereocenters. The van der Waals surface area contributed by atoms with Gasteiger partial charge in [0.2, 0.25) is 0 Å². The molecule has 36 heavy (non-hydrogen) atoms. The molecule has 1 heterocycles. The second-order valence-corrected chi connectivity index (χ2v) is 9.43. The van der Waals surface area contributed by atoms with Gasteiger partial charge in [-0.05, 0) is 61.9 Å². The highest BCUT2D eigenvalue weighted by Crippen LogP contribution is 2.41. The van der Waals surface area contributed by atoms with Crippen LogP contribution in [0.2, 0.25) is 5.02 Å². The van der Waals surface area contributed by atoms with Gasteiger partial charge < -0.3 is 9.64 Å². The summed E-state index contributed by atoms with van der Waals surface area (Å²) in [5, 5.41) is 0.572. The highest BCUT2D eigenvalue weighted by molar-refractivity contribution is 8.04. The molecular weight excluding hydrogens is 496 g/mol. The molecule has 184 valence electrons. The fraction of sp³-hybridized carbons (Fsp3) is 0.179. The maximum atomic E-state index is 14.0. The van der Waals surface area contributed by atoms with Crippen LogP contribution in [0.25, 0.3) is 0 Å². The molecule has 6 nitrogen and oxygen atoms in total. The first-order valence-electron chi connectivity index (χ1n) is 11.6. The number of amides is 2. The zero-order chi connectivity index (χ0) is 25.7. The summed E-state index contributed by atoms with van der Waals surface area (Å²) < 4.78 is 5.32. The third-order valence-corrected chi connectivity index (χ3v) is 6.84. The number of hydrogen-bond acceptors (Lipinski definition) is 6. The Kier molecular flexibility index (Phi) is 8.13. The number of carbonyl (C=O) groups excluding carboxylic acids is 3. The molecule has 0 radical (unpaired) electrons. The topological polar surface area (TPSA) is 66.9 Å². The fourth-order valence-electron chi connectivity index (χ4n) is 3.86. The van der Waals surface area contributed by atoms with Gasteiger partial charge in [-0.2, -0.15) is 0 Å². The van der Waals surface area contributed by atoms with Crippen molar-refractivity contribution in [2.24, 2.45) is 0 Å². The zero-order valence-electron chi connectivity index (χ0n) is 19.9. The van der Waals surface area contributed by atoms with Crippen LogP contribution in [0, 0.1) is 0 Å². The van der Waals surface area contributed by atoms with E-state index in [4.69, 9.17) is 16.3 Å². The van der Waals surface area contributed by atoms with Crippen LogP contribution < -0.4 is 9.80 Å². The van der Waals surface area contributed by atoms with Crippen LogP contribution in [0.15, 0.2) is 94.4 Å². The van der Waals surface area contributed by atoms with Gasteiger partial charge in [-0.25, -0.2) is 9.69 Å². The molecule has 0 spiro atoms. The normalized spacial score (nSPS) is 13.4. The molecule has 0 N–H and O–H groups in total. The minimum atomic E-state index is -0.580. The summed E-state index contributed by atoms with van der Waals surface area (Å²) in [7, 11) is 0. The lowest BCUT2D eigenvalue weighted by Gasteiger charge is -2.25. The molecule has 0 saturated heterocycles. The van der Waals surface area contributed by atoms with E-state index >= 15 is 0 Å². The number of benzene rings is 3. The first-order valence-corrected chi connectivity index (χ1v) is 12.8. The molecule has 0 fully saturated rings. The van der Waals surface area contributed by atoms with Crippen molar-refractivity contribution in [2.75, 3.05) is 23.0 Å². The van der Waals surface area contributed by atoms with E-state index in [0.29, 0.717) is 18.0 Å². The number of esters is 1. The van der Waals surface area contributed by atoms with Crippen LogP contribution in [-0.4, -0.2) is 30.9 Å². The maximum absolute atomic E-state index is 14.0. The third kappa shape index (κ3) is 5.17. The number of para-hydroxylation sites is 2. The maximum Gasteiger partial charge on any atom is 0.340 e. The second-order valence-electron chi connectivity index (χ2n) is 7.91. The molecule has 3 aromatic carbocycles. The van der Waals surface area contributed by atoms with Crippen molar-refractivity contribution >= 4 is 52.5 Å². The van der Waals surface area contributed by atoms with Crippen molar-refractivity contribution in [3.63, 3.8) is 0 Å². The van der Waals surface area contributed by atoms with Gasteiger partial charge in [0.25, 0.3) is 11.8 Å². The highest BCUT2D eigenvalue weighted by atomic mass is 35.5. The Morgan fingerprint density at radius 1 is 0.917 bits per heavy atom. The standard InChI is InChI=1S/C28H25ClN2O4S/c1-3-18-35-28(34)22-12-8-9-13-23(22)31-26(32)24(30(4-2)20-10-6-5-7-11-20)25(27(31)33)36-21-16-14-19(29)15-17-21/h5-17H,3-4,18H2,1-2H3. The second kappa shape index (κ2) is 11.5. The Labute approximate surface area is 219 Å². The Morgan fingerprint density at radius 3 is 2.25 bits per heavy atom. The van der Waals surface area contributed by atoms with E-state index in [1.165, 1.54) is 11.8 Å². The molecular formula is C28H25ClN2O4S. The van der Waals surface area contributed by atoms with Crippen molar-refractivity contribution in [3.8, 4) is 0 Å². The summed E-state index contributed by atoms with van der Waals surface area (Å²) in [6, 6.07) is 23.0. The minimum absolute atomic E-state index is 0.160. The van der Waals surface area contributed by atoms with Gasteiger partial charge >= 0.3 is 5.97 Å². The van der Waals surface area contributed by atoms with Crippen molar-refractivity contribution in [3.05, 3.63) is 100 Å². The summed E-state index contributed by atoms with van der Waals surface area (Å²) in [5.74, 6) is -1.58. The molecule has 8 heteroatoms. The number of nitrogens with zero attached hydrogens (tertiary/aromatic N) is 2. The summed E-state index contributed by atoms with van der Waals surface area (Å²) in [6.45, 7) is 4.51. The third-order valence-electron chi connectivity index (χ3n) is 5.51. The van der Waals surface area contributed by atoms with E-state index in [9.17, 15) is 14.4 Å². The number of thioether (sulfide) groups is 1. The van der Waals surface area contributed by atoms with Crippen molar-refractivity contribution in [2.45, 2.75) is 25.2 Å². The van der Waals surface area contributed by atoms with Gasteiger partial charge in [-0.15, -0.1) is 0 Å². The van der Waals surface area contributed by atoms with Gasteiger partial charge in [0.05, 0.1) is 17.9 Å². The van der Waals surface area contributed by atoms with Crippen LogP contribution in [0.1, 0.15) is 30.6 Å². The van der Waals surface area contributed by atoms with Crippen LogP contribution in [-0.2, 0) is 14.3 Å². The van der Waals surface area contributed by atoms with E-state index in [1.54, 1.807) is 48.5 Å². The molecule has 3 aromatic rings. The molecule has 1 aliphatic rings. The first kappa shape index (κ1) is 25.5. The highest BCUT2D eigenvalue weighted by Gasteiger charge is 2.43. The molecule has 0 atom stereocenters. The number of anilines is 2. The van der Waals surface area contributed by atoms with Crippen LogP contribution in [0.4, 0.5) is 11.4 Å². The summed E-state index contributed by atoms with van der Waals surface area (Å²) in [5.41, 5.74) is 1.39. The summed E-state index contributed by atoms with van der Waals surface area (Å²) in [4.78, 5) is 44.5. The predicted octanol–water partition coefficient (Wildman–Crippen LogP) is 6.31. The first-order chi connectivity index (χ1) is 17.5. The van der Waals surface area contributed by atoms with Crippen LogP contribution >= 0.6 is 23.4 Å². The number of likely N-dealkylation sites (N-methyl/N-ethyl adjacent to an activating group) is 1. The van der Waals surface area contributed by atoms with Crippen LogP contribution in [0.5, 0.6) is 0 Å². The molecule has 0 bridgehead atoms. The smallest absolute Gasteiger partial charge is 0.340 e. The minimum Gasteiger partial charge on any atom is -0.462 e. The quantitative estimate of drug-likeness (QED) is 0.243. The Bertz CT molecular complexity index is 1310. The van der Waals surface area contributed by atoms with Gasteiger partial charge in [-0.1, -0.05) is 60.6 Å². The average molecular weight is 521 g/mol. The number of rotatable bonds is 9. The molecule has 0 aromatic heterocycles.